The quantitative estimate of drug-likeness (QED) is 0.785. The van der Waals surface area contributed by atoms with Gasteiger partial charge < -0.3 is 10.2 Å². The van der Waals surface area contributed by atoms with Gasteiger partial charge >= 0.3 is 0 Å². The van der Waals surface area contributed by atoms with Crippen LogP contribution >= 0.6 is 0 Å². The van der Waals surface area contributed by atoms with Crippen molar-refractivity contribution in [3.8, 4) is 0 Å². The largest absolute Gasteiger partial charge is 0.311 e. The zero-order valence-electron chi connectivity index (χ0n) is 14.2. The van der Waals surface area contributed by atoms with Gasteiger partial charge in [-0.2, -0.15) is 0 Å². The number of nitrogens with zero attached hydrogens (tertiary/aromatic N) is 1. The predicted octanol–water partition coefficient (Wildman–Crippen LogP) is 3.91. The van der Waals surface area contributed by atoms with Gasteiger partial charge in [-0.25, -0.2) is 0 Å². The van der Waals surface area contributed by atoms with Crippen molar-refractivity contribution in [1.82, 2.24) is 10.2 Å². The molecule has 0 radical (unpaired) electrons. The normalized spacial score (nSPS) is 22.4. The Balaban J connectivity index is 2.42. The maximum atomic E-state index is 3.70. The van der Waals surface area contributed by atoms with Crippen molar-refractivity contribution in [1.29, 1.82) is 0 Å². The van der Waals surface area contributed by atoms with E-state index >= 15 is 0 Å². The van der Waals surface area contributed by atoms with Gasteiger partial charge in [-0.1, -0.05) is 27.2 Å². The molecule has 1 atom stereocenters. The summed E-state index contributed by atoms with van der Waals surface area (Å²) in [5, 5.41) is 3.70. The highest BCUT2D eigenvalue weighted by Crippen LogP contribution is 2.26. The molecule has 0 aliphatic carbocycles. The van der Waals surface area contributed by atoms with E-state index in [1.165, 1.54) is 45.3 Å². The van der Waals surface area contributed by atoms with Crippen molar-refractivity contribution in [3.05, 3.63) is 0 Å². The van der Waals surface area contributed by atoms with Crippen molar-refractivity contribution < 1.29 is 0 Å². The molecule has 0 aromatic carbocycles. The standard InChI is InChI=1S/C17H36N2/c1-7-15-9-11-19(12-10-15)14-17(6,8-2)13-18-16(3,4)5/h15,18H,7-14H2,1-6H3. The molecule has 1 heterocycles. The van der Waals surface area contributed by atoms with Crippen molar-refractivity contribution in [2.75, 3.05) is 26.2 Å². The summed E-state index contributed by atoms with van der Waals surface area (Å²) in [6.45, 7) is 18.9. The maximum Gasteiger partial charge on any atom is 0.00967 e. The second kappa shape index (κ2) is 7.08. The van der Waals surface area contributed by atoms with Gasteiger partial charge in [0.25, 0.3) is 0 Å². The Morgan fingerprint density at radius 1 is 1.05 bits per heavy atom. The molecule has 1 fully saturated rings. The van der Waals surface area contributed by atoms with Crippen molar-refractivity contribution in [2.45, 2.75) is 72.8 Å². The van der Waals surface area contributed by atoms with Gasteiger partial charge in [-0.15, -0.1) is 0 Å². The van der Waals surface area contributed by atoms with Crippen LogP contribution in [0.1, 0.15) is 67.2 Å². The molecule has 0 amide bonds. The predicted molar refractivity (Wildman–Crippen MR) is 85.6 cm³/mol. The summed E-state index contributed by atoms with van der Waals surface area (Å²) in [6, 6.07) is 0. The summed E-state index contributed by atoms with van der Waals surface area (Å²) in [7, 11) is 0. The van der Waals surface area contributed by atoms with Crippen molar-refractivity contribution >= 4 is 0 Å². The van der Waals surface area contributed by atoms with Crippen LogP contribution in [0, 0.1) is 11.3 Å². The molecular formula is C17H36N2. The third-order valence-corrected chi connectivity index (χ3v) is 4.79. The second-order valence-corrected chi connectivity index (χ2v) is 7.90. The Morgan fingerprint density at radius 3 is 2.05 bits per heavy atom. The van der Waals surface area contributed by atoms with Gasteiger partial charge in [0.1, 0.15) is 0 Å². The zero-order valence-corrected chi connectivity index (χ0v) is 14.2. The molecule has 1 unspecified atom stereocenters. The third-order valence-electron chi connectivity index (χ3n) is 4.79. The number of likely N-dealkylation sites (tertiary alicyclic amines) is 1. The monoisotopic (exact) mass is 268 g/mol. The molecule has 0 bridgehead atoms. The SMILES string of the molecule is CCC1CCN(CC(C)(CC)CNC(C)(C)C)CC1. The summed E-state index contributed by atoms with van der Waals surface area (Å²) in [5.74, 6) is 0.983. The summed E-state index contributed by atoms with van der Waals surface area (Å²) < 4.78 is 0. The first kappa shape index (κ1) is 17.0. The Hall–Kier alpha value is -0.0800. The minimum Gasteiger partial charge on any atom is -0.311 e. The van der Waals surface area contributed by atoms with Crippen LogP contribution in [0.3, 0.4) is 0 Å². The lowest BCUT2D eigenvalue weighted by molar-refractivity contribution is 0.109. The molecular weight excluding hydrogens is 232 g/mol. The van der Waals surface area contributed by atoms with Gasteiger partial charge in [0.2, 0.25) is 0 Å². The highest BCUT2D eigenvalue weighted by molar-refractivity contribution is 4.84. The highest BCUT2D eigenvalue weighted by Gasteiger charge is 2.28. The number of rotatable bonds is 6. The molecule has 1 aliphatic rings. The van der Waals surface area contributed by atoms with E-state index in [9.17, 15) is 0 Å². The fourth-order valence-corrected chi connectivity index (χ4v) is 2.86. The minimum absolute atomic E-state index is 0.228. The molecule has 2 heteroatoms. The van der Waals surface area contributed by atoms with Crippen LogP contribution in [0.15, 0.2) is 0 Å². The first-order chi connectivity index (χ1) is 8.78. The van der Waals surface area contributed by atoms with Crippen molar-refractivity contribution in [3.63, 3.8) is 0 Å². The minimum atomic E-state index is 0.228. The number of nitrogens with one attached hydrogen (secondary N) is 1. The van der Waals surface area contributed by atoms with Crippen LogP contribution in [-0.2, 0) is 0 Å². The molecule has 1 aliphatic heterocycles. The fraction of sp³-hybridized carbons (Fsp3) is 1.00. The summed E-state index contributed by atoms with van der Waals surface area (Å²) >= 11 is 0. The molecule has 0 aromatic heterocycles. The van der Waals surface area contributed by atoms with Gasteiger partial charge in [0.15, 0.2) is 0 Å². The molecule has 0 saturated carbocycles. The molecule has 0 aromatic rings. The molecule has 19 heavy (non-hydrogen) atoms. The average molecular weight is 268 g/mol. The lowest BCUT2D eigenvalue weighted by atomic mass is 9.84. The molecule has 1 rings (SSSR count). The first-order valence-corrected chi connectivity index (χ1v) is 8.25. The lowest BCUT2D eigenvalue weighted by Crippen LogP contribution is -2.48. The molecule has 1 saturated heterocycles. The molecule has 2 nitrogen and oxygen atoms in total. The van der Waals surface area contributed by atoms with Crippen LogP contribution in [0.4, 0.5) is 0 Å². The summed E-state index contributed by atoms with van der Waals surface area (Å²) in [4.78, 5) is 2.69. The fourth-order valence-electron chi connectivity index (χ4n) is 2.86. The van der Waals surface area contributed by atoms with Crippen LogP contribution in [0.5, 0.6) is 0 Å². The maximum absolute atomic E-state index is 3.70. The van der Waals surface area contributed by atoms with E-state index in [0.29, 0.717) is 5.41 Å². The zero-order chi connectivity index (χ0) is 14.5. The number of piperidine rings is 1. The van der Waals surface area contributed by atoms with E-state index in [0.717, 1.165) is 12.5 Å². The van der Waals surface area contributed by atoms with E-state index in [1.807, 2.05) is 0 Å². The Kier molecular flexibility index (Phi) is 6.32. The highest BCUT2D eigenvalue weighted by atomic mass is 15.1. The second-order valence-electron chi connectivity index (χ2n) is 7.90. The summed E-state index contributed by atoms with van der Waals surface area (Å²) in [5.41, 5.74) is 0.637. The molecule has 0 spiro atoms. The van der Waals surface area contributed by atoms with Crippen LogP contribution in [-0.4, -0.2) is 36.6 Å². The Labute approximate surface area is 121 Å². The van der Waals surface area contributed by atoms with E-state index in [4.69, 9.17) is 0 Å². The lowest BCUT2D eigenvalue weighted by Gasteiger charge is -2.40. The van der Waals surface area contributed by atoms with E-state index in [-0.39, 0.29) is 5.54 Å². The van der Waals surface area contributed by atoms with Gasteiger partial charge in [-0.3, -0.25) is 0 Å². The van der Waals surface area contributed by atoms with Gasteiger partial charge in [0.05, 0.1) is 0 Å². The van der Waals surface area contributed by atoms with Gasteiger partial charge in [-0.05, 0) is 64.5 Å². The van der Waals surface area contributed by atoms with Crippen LogP contribution < -0.4 is 5.32 Å². The van der Waals surface area contributed by atoms with E-state index < -0.39 is 0 Å². The van der Waals surface area contributed by atoms with Crippen LogP contribution in [0.25, 0.3) is 0 Å². The van der Waals surface area contributed by atoms with E-state index in [1.54, 1.807) is 0 Å². The molecule has 1 N–H and O–H groups in total. The Bertz CT molecular complexity index is 248. The Morgan fingerprint density at radius 2 is 1.63 bits per heavy atom. The van der Waals surface area contributed by atoms with Gasteiger partial charge in [0, 0.05) is 18.6 Å². The topological polar surface area (TPSA) is 15.3 Å². The number of hydrogen-bond acceptors (Lipinski definition) is 2. The molecule has 114 valence electrons. The summed E-state index contributed by atoms with van der Waals surface area (Å²) in [6.07, 6.45) is 5.43. The van der Waals surface area contributed by atoms with Crippen LogP contribution in [0.2, 0.25) is 0 Å². The number of hydrogen-bond donors (Lipinski definition) is 1. The smallest absolute Gasteiger partial charge is 0.00967 e. The average Bonchev–Trinajstić information content (AvgIpc) is 2.37. The third kappa shape index (κ3) is 6.27. The van der Waals surface area contributed by atoms with E-state index in [2.05, 4.69) is 51.8 Å². The van der Waals surface area contributed by atoms with Crippen molar-refractivity contribution in [2.24, 2.45) is 11.3 Å². The first-order valence-electron chi connectivity index (χ1n) is 8.25.